The van der Waals surface area contributed by atoms with E-state index in [0.29, 0.717) is 22.9 Å². The minimum atomic E-state index is -0.225. The van der Waals surface area contributed by atoms with Gasteiger partial charge in [-0.2, -0.15) is 0 Å². The predicted octanol–water partition coefficient (Wildman–Crippen LogP) is 3.10. The monoisotopic (exact) mass is 419 g/mol. The average molecular weight is 420 g/mol. The van der Waals surface area contributed by atoms with Gasteiger partial charge in [-0.15, -0.1) is 10.2 Å². The van der Waals surface area contributed by atoms with E-state index in [-0.39, 0.29) is 16.7 Å². The van der Waals surface area contributed by atoms with Gasteiger partial charge in [-0.1, -0.05) is 48.5 Å². The number of nitrogens with one attached hydrogen (secondary N) is 1. The molecule has 2 aromatic heterocycles. The number of rotatable bonds is 3. The Hall–Kier alpha value is -3.13. The number of para-hydroxylation sites is 2. The molecule has 0 bridgehead atoms. The Labute approximate surface area is 177 Å². The normalized spacial score (nSPS) is 17.2. The fraction of sp³-hybridized carbons (Fsp3) is 0.273. The zero-order valence-corrected chi connectivity index (χ0v) is 17.4. The van der Waals surface area contributed by atoms with E-state index < -0.39 is 0 Å². The van der Waals surface area contributed by atoms with Crippen LogP contribution in [0.25, 0.3) is 22.4 Å². The van der Waals surface area contributed by atoms with E-state index in [1.54, 1.807) is 4.57 Å². The Morgan fingerprint density at radius 2 is 1.83 bits per heavy atom. The minimum Gasteiger partial charge on any atom is -0.355 e. The molecule has 1 aliphatic rings. The molecule has 30 heavy (non-hydrogen) atoms. The van der Waals surface area contributed by atoms with Gasteiger partial charge in [-0.25, -0.2) is 4.57 Å². The highest BCUT2D eigenvalue weighted by molar-refractivity contribution is 8.00. The fourth-order valence-corrected chi connectivity index (χ4v) is 5.04. The van der Waals surface area contributed by atoms with E-state index in [1.807, 2.05) is 59.9 Å². The van der Waals surface area contributed by atoms with E-state index in [9.17, 15) is 9.59 Å². The number of benzene rings is 2. The molecule has 1 amide bonds. The fourth-order valence-electron chi connectivity index (χ4n) is 3.94. The summed E-state index contributed by atoms with van der Waals surface area (Å²) in [7, 11) is 0. The van der Waals surface area contributed by atoms with E-state index in [4.69, 9.17) is 0 Å². The molecule has 3 heterocycles. The van der Waals surface area contributed by atoms with Crippen LogP contribution in [0.4, 0.5) is 0 Å². The summed E-state index contributed by atoms with van der Waals surface area (Å²) in [5, 5.41) is 12.7. The first-order valence-corrected chi connectivity index (χ1v) is 10.9. The third kappa shape index (κ3) is 3.08. The molecule has 2 aromatic carbocycles. The van der Waals surface area contributed by atoms with Crippen LogP contribution < -0.4 is 10.9 Å². The molecule has 0 saturated carbocycles. The molecule has 0 aliphatic carbocycles. The summed E-state index contributed by atoms with van der Waals surface area (Å²) < 4.78 is 3.51. The number of aromatic nitrogens is 4. The summed E-state index contributed by atoms with van der Waals surface area (Å²) in [5.74, 6) is 0.482. The van der Waals surface area contributed by atoms with Crippen LogP contribution in [0.1, 0.15) is 24.8 Å². The van der Waals surface area contributed by atoms with Gasteiger partial charge in [0.1, 0.15) is 0 Å². The molecule has 1 unspecified atom stereocenters. The van der Waals surface area contributed by atoms with Gasteiger partial charge in [-0.3, -0.25) is 14.0 Å². The molecule has 0 spiro atoms. The van der Waals surface area contributed by atoms with Gasteiger partial charge in [-0.05, 0) is 43.5 Å². The molecule has 1 saturated heterocycles. The van der Waals surface area contributed by atoms with Crippen LogP contribution in [-0.2, 0) is 4.79 Å². The van der Waals surface area contributed by atoms with Crippen molar-refractivity contribution in [2.75, 3.05) is 6.54 Å². The summed E-state index contributed by atoms with van der Waals surface area (Å²) >= 11 is 1.41. The third-order valence-electron chi connectivity index (χ3n) is 5.48. The average Bonchev–Trinajstić information content (AvgIpc) is 3.06. The molecular formula is C22H21N5O2S. The van der Waals surface area contributed by atoms with E-state index >= 15 is 0 Å². The number of hydrogen-bond acceptors (Lipinski definition) is 5. The molecule has 0 radical (unpaired) electrons. The van der Waals surface area contributed by atoms with E-state index in [2.05, 4.69) is 15.5 Å². The highest BCUT2D eigenvalue weighted by Crippen LogP contribution is 2.29. The van der Waals surface area contributed by atoms with Crippen LogP contribution in [0, 0.1) is 6.92 Å². The van der Waals surface area contributed by atoms with E-state index in [1.165, 1.54) is 11.8 Å². The molecule has 8 heteroatoms. The van der Waals surface area contributed by atoms with E-state index in [0.717, 1.165) is 36.0 Å². The smallest absolute Gasteiger partial charge is 0.267 e. The number of carbonyl (C=O) groups excluding carboxylic acids is 1. The van der Waals surface area contributed by atoms with Gasteiger partial charge in [0.05, 0.1) is 21.8 Å². The van der Waals surface area contributed by atoms with Gasteiger partial charge >= 0.3 is 0 Å². The zero-order chi connectivity index (χ0) is 20.7. The molecule has 1 aliphatic heterocycles. The Balaban J connectivity index is 1.77. The van der Waals surface area contributed by atoms with Gasteiger partial charge in [0.15, 0.2) is 5.16 Å². The highest BCUT2D eigenvalue weighted by Gasteiger charge is 2.26. The lowest BCUT2D eigenvalue weighted by Gasteiger charge is -2.14. The summed E-state index contributed by atoms with van der Waals surface area (Å²) in [6.45, 7) is 2.68. The third-order valence-corrected chi connectivity index (χ3v) is 6.69. The maximum Gasteiger partial charge on any atom is 0.267 e. The summed E-state index contributed by atoms with van der Waals surface area (Å²) in [5.41, 5.74) is 2.35. The number of amides is 1. The number of nitrogens with zero attached hydrogens (tertiary/aromatic N) is 4. The maximum absolute atomic E-state index is 13.4. The maximum atomic E-state index is 13.4. The SMILES string of the molecule is Cc1ccccc1-n1c(=O)c2ccccc2n2c(SC3CCCCNC3=O)nnc12. The van der Waals surface area contributed by atoms with Crippen molar-refractivity contribution in [1.29, 1.82) is 0 Å². The van der Waals surface area contributed by atoms with Crippen molar-refractivity contribution < 1.29 is 4.79 Å². The number of aryl methyl sites for hydroxylation is 1. The Kier molecular flexibility index (Phi) is 4.78. The summed E-state index contributed by atoms with van der Waals surface area (Å²) in [6.07, 6.45) is 2.77. The van der Waals surface area contributed by atoms with Gasteiger partial charge in [0.25, 0.3) is 5.56 Å². The summed E-state index contributed by atoms with van der Waals surface area (Å²) in [6, 6.07) is 15.2. The second-order valence-corrected chi connectivity index (χ2v) is 8.63. The lowest BCUT2D eigenvalue weighted by Crippen LogP contribution is -2.30. The quantitative estimate of drug-likeness (QED) is 0.552. The van der Waals surface area contributed by atoms with Crippen LogP contribution in [0.2, 0.25) is 0 Å². The predicted molar refractivity (Wildman–Crippen MR) is 117 cm³/mol. The largest absolute Gasteiger partial charge is 0.355 e. The molecule has 1 atom stereocenters. The van der Waals surface area contributed by atoms with Crippen LogP contribution in [-0.4, -0.2) is 36.9 Å². The van der Waals surface area contributed by atoms with Crippen molar-refractivity contribution >= 4 is 34.3 Å². The molecule has 7 nitrogen and oxygen atoms in total. The lowest BCUT2D eigenvalue weighted by molar-refractivity contribution is -0.120. The van der Waals surface area contributed by atoms with Crippen molar-refractivity contribution in [2.24, 2.45) is 0 Å². The van der Waals surface area contributed by atoms with Crippen molar-refractivity contribution in [2.45, 2.75) is 36.6 Å². The van der Waals surface area contributed by atoms with Crippen molar-refractivity contribution in [3.05, 3.63) is 64.4 Å². The Morgan fingerprint density at radius 3 is 2.70 bits per heavy atom. The van der Waals surface area contributed by atoms with Gasteiger partial charge in [0, 0.05) is 6.54 Å². The number of carbonyl (C=O) groups is 1. The number of thioether (sulfide) groups is 1. The number of fused-ring (bicyclic) bond motifs is 3. The van der Waals surface area contributed by atoms with Crippen LogP contribution >= 0.6 is 11.8 Å². The molecular weight excluding hydrogens is 398 g/mol. The number of hydrogen-bond donors (Lipinski definition) is 1. The second-order valence-electron chi connectivity index (χ2n) is 7.46. The van der Waals surface area contributed by atoms with Crippen molar-refractivity contribution in [1.82, 2.24) is 24.5 Å². The second kappa shape index (κ2) is 7.60. The standard InChI is InChI=1S/C22H21N5O2S/c1-14-8-2-4-10-16(14)26-20(29)15-9-3-5-11-17(15)27-21(26)24-25-22(27)30-18-12-6-7-13-23-19(18)28/h2-5,8-11,18H,6-7,12-13H2,1H3,(H,23,28). The zero-order valence-electron chi connectivity index (χ0n) is 16.5. The highest BCUT2D eigenvalue weighted by atomic mass is 32.2. The van der Waals surface area contributed by atoms with Crippen LogP contribution in [0.15, 0.2) is 58.5 Å². The first-order chi connectivity index (χ1) is 14.6. The lowest BCUT2D eigenvalue weighted by atomic mass is 10.2. The van der Waals surface area contributed by atoms with Crippen molar-refractivity contribution in [3.63, 3.8) is 0 Å². The van der Waals surface area contributed by atoms with Crippen LogP contribution in [0.5, 0.6) is 0 Å². The van der Waals surface area contributed by atoms with Gasteiger partial charge in [0.2, 0.25) is 11.7 Å². The molecule has 1 N–H and O–H groups in total. The molecule has 1 fully saturated rings. The Morgan fingerprint density at radius 1 is 1.03 bits per heavy atom. The summed E-state index contributed by atoms with van der Waals surface area (Å²) in [4.78, 5) is 25.9. The minimum absolute atomic E-state index is 0.0331. The first kappa shape index (κ1) is 18.9. The molecule has 152 valence electrons. The topological polar surface area (TPSA) is 81.3 Å². The Bertz CT molecular complexity index is 1330. The van der Waals surface area contributed by atoms with Gasteiger partial charge < -0.3 is 5.32 Å². The first-order valence-electron chi connectivity index (χ1n) is 10.0. The molecule has 4 aromatic rings. The van der Waals surface area contributed by atoms with Crippen LogP contribution in [0.3, 0.4) is 0 Å². The van der Waals surface area contributed by atoms with Crippen molar-refractivity contribution in [3.8, 4) is 5.69 Å². The molecule has 5 rings (SSSR count).